The molecule has 0 spiro atoms. The van der Waals surface area contributed by atoms with E-state index in [-0.39, 0.29) is 5.92 Å². The predicted molar refractivity (Wildman–Crippen MR) is 89.6 cm³/mol. The first-order chi connectivity index (χ1) is 9.92. The van der Waals surface area contributed by atoms with E-state index >= 15 is 0 Å². The lowest BCUT2D eigenvalue weighted by Crippen LogP contribution is -2.06. The summed E-state index contributed by atoms with van der Waals surface area (Å²) in [6.07, 6.45) is 0. The molecule has 1 aromatic heterocycles. The maximum absolute atomic E-state index is 5.94. The van der Waals surface area contributed by atoms with Gasteiger partial charge >= 0.3 is 0 Å². The van der Waals surface area contributed by atoms with Crippen LogP contribution in [-0.4, -0.2) is 17.0 Å². The molecule has 0 aliphatic rings. The van der Waals surface area contributed by atoms with Gasteiger partial charge in [0.25, 0.3) is 0 Å². The quantitative estimate of drug-likeness (QED) is 0.807. The third kappa shape index (κ3) is 3.66. The van der Waals surface area contributed by atoms with Gasteiger partial charge in [0.15, 0.2) is 0 Å². The number of rotatable bonds is 4. The molecule has 0 fully saturated rings. The Morgan fingerprint density at radius 1 is 1.29 bits per heavy atom. The first-order valence-electron chi connectivity index (χ1n) is 6.61. The number of halogens is 2. The maximum Gasteiger partial charge on any atom is 0.227 e. The Balaban J connectivity index is 2.45. The van der Waals surface area contributed by atoms with Crippen LogP contribution in [0.1, 0.15) is 31.2 Å². The van der Waals surface area contributed by atoms with Gasteiger partial charge in [0, 0.05) is 18.0 Å². The number of nitrogens with one attached hydrogen (secondary N) is 1. The van der Waals surface area contributed by atoms with Crippen molar-refractivity contribution >= 4 is 33.3 Å². The molecular weight excluding hydrogens is 354 g/mol. The summed E-state index contributed by atoms with van der Waals surface area (Å²) in [4.78, 5) is 9.01. The maximum atomic E-state index is 5.94. The predicted octanol–water partition coefficient (Wildman–Crippen LogP) is 5.16. The van der Waals surface area contributed by atoms with Gasteiger partial charge in [-0.3, -0.25) is 0 Å². The Morgan fingerprint density at radius 3 is 2.57 bits per heavy atom. The molecule has 0 aliphatic heterocycles. The summed E-state index contributed by atoms with van der Waals surface area (Å²) >= 11 is 9.39. The van der Waals surface area contributed by atoms with E-state index in [1.807, 2.05) is 33.9 Å². The zero-order chi connectivity index (χ0) is 15.6. The van der Waals surface area contributed by atoms with Crippen LogP contribution in [0.2, 0.25) is 5.02 Å². The third-order valence-electron chi connectivity index (χ3n) is 2.97. The fourth-order valence-corrected chi connectivity index (χ4v) is 2.54. The Hall–Kier alpha value is -1.33. The molecular formula is C15H17BrClN3O. The molecule has 6 heteroatoms. The van der Waals surface area contributed by atoms with Crippen LogP contribution < -0.4 is 10.1 Å². The summed E-state index contributed by atoms with van der Waals surface area (Å²) in [7, 11) is 1.83. The fourth-order valence-electron chi connectivity index (χ4n) is 1.78. The van der Waals surface area contributed by atoms with Gasteiger partial charge < -0.3 is 10.1 Å². The second-order valence-corrected chi connectivity index (χ2v) is 6.23. The van der Waals surface area contributed by atoms with E-state index in [4.69, 9.17) is 16.3 Å². The van der Waals surface area contributed by atoms with E-state index in [1.54, 1.807) is 12.1 Å². The van der Waals surface area contributed by atoms with Crippen molar-refractivity contribution in [2.45, 2.75) is 26.7 Å². The van der Waals surface area contributed by atoms with Gasteiger partial charge in [-0.05, 0) is 41.1 Å². The van der Waals surface area contributed by atoms with Crippen molar-refractivity contribution in [3.63, 3.8) is 0 Å². The lowest BCUT2D eigenvalue weighted by atomic mass is 10.2. The van der Waals surface area contributed by atoms with E-state index in [0.717, 1.165) is 21.7 Å². The van der Waals surface area contributed by atoms with Gasteiger partial charge in [-0.2, -0.15) is 4.98 Å². The lowest BCUT2D eigenvalue weighted by molar-refractivity contribution is 0.450. The summed E-state index contributed by atoms with van der Waals surface area (Å²) < 4.78 is 6.71. The number of ether oxygens (including phenoxy) is 1. The van der Waals surface area contributed by atoms with Gasteiger partial charge in [-0.1, -0.05) is 25.4 Å². The highest BCUT2D eigenvalue weighted by atomic mass is 79.9. The first-order valence-corrected chi connectivity index (χ1v) is 7.78. The topological polar surface area (TPSA) is 47.0 Å². The largest absolute Gasteiger partial charge is 0.437 e. The average Bonchev–Trinajstić information content (AvgIpc) is 2.43. The number of aromatic nitrogens is 2. The molecule has 1 N–H and O–H groups in total. The fraction of sp³-hybridized carbons (Fsp3) is 0.333. The van der Waals surface area contributed by atoms with Gasteiger partial charge in [-0.25, -0.2) is 4.98 Å². The Bertz CT molecular complexity index is 662. The average molecular weight is 371 g/mol. The van der Waals surface area contributed by atoms with Crippen molar-refractivity contribution in [1.82, 2.24) is 9.97 Å². The second-order valence-electron chi connectivity index (χ2n) is 4.94. The molecule has 0 bridgehead atoms. The highest BCUT2D eigenvalue weighted by molar-refractivity contribution is 9.10. The van der Waals surface area contributed by atoms with Gasteiger partial charge in [0.1, 0.15) is 17.4 Å². The van der Waals surface area contributed by atoms with Crippen molar-refractivity contribution in [3.05, 3.63) is 39.1 Å². The molecule has 0 radical (unpaired) electrons. The molecule has 0 unspecified atom stereocenters. The SMILES string of the molecule is CNc1nc(C(C)C)nc(Oc2ccc(Cl)cc2Br)c1C. The van der Waals surface area contributed by atoms with Gasteiger partial charge in [0.2, 0.25) is 5.88 Å². The van der Waals surface area contributed by atoms with Crippen LogP contribution in [0.5, 0.6) is 11.6 Å². The Labute approximate surface area is 138 Å². The van der Waals surface area contributed by atoms with Crippen molar-refractivity contribution < 1.29 is 4.74 Å². The van der Waals surface area contributed by atoms with E-state index in [0.29, 0.717) is 16.7 Å². The van der Waals surface area contributed by atoms with Crippen LogP contribution >= 0.6 is 27.5 Å². The molecule has 0 saturated heterocycles. The molecule has 0 aliphatic carbocycles. The molecule has 1 aromatic carbocycles. The van der Waals surface area contributed by atoms with Crippen LogP contribution in [0.15, 0.2) is 22.7 Å². The molecule has 0 atom stereocenters. The molecule has 112 valence electrons. The van der Waals surface area contributed by atoms with Crippen molar-refractivity contribution in [3.8, 4) is 11.6 Å². The number of hydrogen-bond acceptors (Lipinski definition) is 4. The van der Waals surface area contributed by atoms with Gasteiger partial charge in [0.05, 0.1) is 10.0 Å². The van der Waals surface area contributed by atoms with Gasteiger partial charge in [-0.15, -0.1) is 0 Å². The normalized spacial score (nSPS) is 10.8. The zero-order valence-electron chi connectivity index (χ0n) is 12.4. The summed E-state index contributed by atoms with van der Waals surface area (Å²) in [5, 5.41) is 3.72. The lowest BCUT2D eigenvalue weighted by Gasteiger charge is -2.15. The van der Waals surface area contributed by atoms with Crippen LogP contribution in [0, 0.1) is 6.92 Å². The summed E-state index contributed by atoms with van der Waals surface area (Å²) in [5.74, 6) is 2.94. The highest BCUT2D eigenvalue weighted by Crippen LogP contribution is 2.34. The number of anilines is 1. The highest BCUT2D eigenvalue weighted by Gasteiger charge is 2.15. The van der Waals surface area contributed by atoms with Crippen molar-refractivity contribution in [2.24, 2.45) is 0 Å². The van der Waals surface area contributed by atoms with Crippen molar-refractivity contribution in [2.75, 3.05) is 12.4 Å². The summed E-state index contributed by atoms with van der Waals surface area (Å²) in [5.41, 5.74) is 0.865. The number of hydrogen-bond donors (Lipinski definition) is 1. The molecule has 21 heavy (non-hydrogen) atoms. The Morgan fingerprint density at radius 2 is 2.00 bits per heavy atom. The molecule has 0 amide bonds. The summed E-state index contributed by atoms with van der Waals surface area (Å²) in [6.45, 7) is 6.02. The monoisotopic (exact) mass is 369 g/mol. The van der Waals surface area contributed by atoms with Crippen LogP contribution in [-0.2, 0) is 0 Å². The molecule has 1 heterocycles. The molecule has 2 aromatic rings. The minimum atomic E-state index is 0.216. The first kappa shape index (κ1) is 16.0. The van der Waals surface area contributed by atoms with E-state index in [1.165, 1.54) is 0 Å². The zero-order valence-corrected chi connectivity index (χ0v) is 14.7. The van der Waals surface area contributed by atoms with Crippen LogP contribution in [0.4, 0.5) is 5.82 Å². The minimum absolute atomic E-state index is 0.216. The van der Waals surface area contributed by atoms with Crippen LogP contribution in [0.3, 0.4) is 0 Å². The molecule has 2 rings (SSSR count). The van der Waals surface area contributed by atoms with E-state index in [2.05, 4.69) is 31.2 Å². The molecule has 0 saturated carbocycles. The summed E-state index contributed by atoms with van der Waals surface area (Å²) in [6, 6.07) is 5.37. The third-order valence-corrected chi connectivity index (χ3v) is 3.83. The number of benzene rings is 1. The van der Waals surface area contributed by atoms with E-state index < -0.39 is 0 Å². The van der Waals surface area contributed by atoms with Crippen LogP contribution in [0.25, 0.3) is 0 Å². The number of nitrogens with zero attached hydrogens (tertiary/aromatic N) is 2. The Kier molecular flexibility index (Phi) is 5.06. The minimum Gasteiger partial charge on any atom is -0.437 e. The second kappa shape index (κ2) is 6.62. The van der Waals surface area contributed by atoms with Crippen molar-refractivity contribution in [1.29, 1.82) is 0 Å². The van der Waals surface area contributed by atoms with E-state index in [9.17, 15) is 0 Å². The smallest absolute Gasteiger partial charge is 0.227 e. The standard InChI is InChI=1S/C15H17BrClN3O/c1-8(2)13-19-14(18-4)9(3)15(20-13)21-12-6-5-10(17)7-11(12)16/h5-8H,1-4H3,(H,18,19,20). The molecule has 4 nitrogen and oxygen atoms in total.